The lowest BCUT2D eigenvalue weighted by atomic mass is 9.98. The lowest BCUT2D eigenvalue weighted by Crippen LogP contribution is -2.40. The minimum Gasteiger partial charge on any atom is -0.460 e. The van der Waals surface area contributed by atoms with E-state index in [9.17, 15) is 8.42 Å². The molecule has 0 amide bonds. The maximum atomic E-state index is 11.5. The third kappa shape index (κ3) is 4.93. The van der Waals surface area contributed by atoms with Gasteiger partial charge in [0.25, 0.3) is 0 Å². The van der Waals surface area contributed by atoms with Crippen LogP contribution >= 0.6 is 0 Å². The molecule has 0 spiro atoms. The number of hydrogen-bond acceptors (Lipinski definition) is 4. The van der Waals surface area contributed by atoms with Crippen LogP contribution in [0.15, 0.2) is 40.8 Å². The number of nitrogens with zero attached hydrogens (tertiary/aromatic N) is 1. The third-order valence-electron chi connectivity index (χ3n) is 4.77. The van der Waals surface area contributed by atoms with Gasteiger partial charge in [-0.2, -0.15) is 0 Å². The van der Waals surface area contributed by atoms with Crippen LogP contribution < -0.4 is 5.32 Å². The highest BCUT2D eigenvalue weighted by Gasteiger charge is 2.24. The standard InChI is InChI=1S/C19H26N2O3S/c1-15-3-5-17(6-4-15)19-8-7-18(24-19)14-20-13-16-9-11-21(12-10-16)25(2,22)23/h3-8,16,20H,9-14H2,1-2H3. The van der Waals surface area contributed by atoms with Gasteiger partial charge in [0.1, 0.15) is 11.5 Å². The number of benzene rings is 1. The molecule has 1 aromatic heterocycles. The lowest BCUT2D eigenvalue weighted by molar-refractivity contribution is 0.267. The normalized spacial score (nSPS) is 17.0. The summed E-state index contributed by atoms with van der Waals surface area (Å²) in [5.74, 6) is 2.33. The van der Waals surface area contributed by atoms with Gasteiger partial charge in [-0.3, -0.25) is 0 Å². The molecule has 0 bridgehead atoms. The lowest BCUT2D eigenvalue weighted by Gasteiger charge is -2.30. The van der Waals surface area contributed by atoms with Crippen LogP contribution in [0.3, 0.4) is 0 Å². The molecule has 6 heteroatoms. The Morgan fingerprint density at radius 1 is 1.12 bits per heavy atom. The Morgan fingerprint density at radius 2 is 1.80 bits per heavy atom. The smallest absolute Gasteiger partial charge is 0.211 e. The van der Waals surface area contributed by atoms with Gasteiger partial charge in [0.2, 0.25) is 10.0 Å². The number of piperidine rings is 1. The summed E-state index contributed by atoms with van der Waals surface area (Å²) in [6.07, 6.45) is 3.10. The highest BCUT2D eigenvalue weighted by atomic mass is 32.2. The number of aryl methyl sites for hydroxylation is 1. The van der Waals surface area contributed by atoms with Crippen LogP contribution in [0.1, 0.15) is 24.2 Å². The first-order valence-electron chi connectivity index (χ1n) is 8.73. The number of nitrogens with one attached hydrogen (secondary N) is 1. The Labute approximate surface area is 150 Å². The second-order valence-corrected chi connectivity index (χ2v) is 8.85. The van der Waals surface area contributed by atoms with E-state index in [-0.39, 0.29) is 0 Å². The summed E-state index contributed by atoms with van der Waals surface area (Å²) >= 11 is 0. The van der Waals surface area contributed by atoms with Gasteiger partial charge < -0.3 is 9.73 Å². The molecule has 5 nitrogen and oxygen atoms in total. The van der Waals surface area contributed by atoms with E-state index in [1.807, 2.05) is 12.1 Å². The van der Waals surface area contributed by atoms with E-state index in [1.54, 1.807) is 4.31 Å². The molecular weight excluding hydrogens is 336 g/mol. The Morgan fingerprint density at radius 3 is 2.44 bits per heavy atom. The molecule has 1 aliphatic rings. The van der Waals surface area contributed by atoms with Crippen molar-refractivity contribution in [1.82, 2.24) is 9.62 Å². The van der Waals surface area contributed by atoms with Crippen LogP contribution in [0.5, 0.6) is 0 Å². The summed E-state index contributed by atoms with van der Waals surface area (Å²) in [6.45, 7) is 4.91. The second kappa shape index (κ2) is 7.72. The molecule has 0 unspecified atom stereocenters. The van der Waals surface area contributed by atoms with Crippen molar-refractivity contribution in [3.63, 3.8) is 0 Å². The molecule has 0 radical (unpaired) electrons. The number of hydrogen-bond donors (Lipinski definition) is 1. The first-order chi connectivity index (χ1) is 11.9. The predicted octanol–water partition coefficient (Wildman–Crippen LogP) is 3.02. The maximum Gasteiger partial charge on any atom is 0.211 e. The van der Waals surface area contributed by atoms with E-state index < -0.39 is 10.0 Å². The van der Waals surface area contributed by atoms with Crippen molar-refractivity contribution >= 4 is 10.0 Å². The van der Waals surface area contributed by atoms with E-state index >= 15 is 0 Å². The monoisotopic (exact) mass is 362 g/mol. The van der Waals surface area contributed by atoms with Gasteiger partial charge in [0.15, 0.2) is 0 Å². The first-order valence-corrected chi connectivity index (χ1v) is 10.6. The van der Waals surface area contributed by atoms with Gasteiger partial charge in [-0.15, -0.1) is 0 Å². The molecule has 3 rings (SSSR count). The summed E-state index contributed by atoms with van der Waals surface area (Å²) < 4.78 is 30.5. The Hall–Kier alpha value is -1.63. The van der Waals surface area contributed by atoms with Crippen LogP contribution in [0.25, 0.3) is 11.3 Å². The van der Waals surface area contributed by atoms with Crippen molar-refractivity contribution in [2.24, 2.45) is 5.92 Å². The summed E-state index contributed by atoms with van der Waals surface area (Å²) in [6, 6.07) is 12.3. The average molecular weight is 362 g/mol. The summed E-state index contributed by atoms with van der Waals surface area (Å²) in [5.41, 5.74) is 2.32. The van der Waals surface area contributed by atoms with E-state index in [0.29, 0.717) is 25.6 Å². The van der Waals surface area contributed by atoms with E-state index in [2.05, 4.69) is 36.5 Å². The molecule has 1 aliphatic heterocycles. The third-order valence-corrected chi connectivity index (χ3v) is 6.08. The van der Waals surface area contributed by atoms with Gasteiger partial charge in [0.05, 0.1) is 12.8 Å². The second-order valence-electron chi connectivity index (χ2n) is 6.87. The van der Waals surface area contributed by atoms with Gasteiger partial charge in [0, 0.05) is 18.7 Å². The minimum absolute atomic E-state index is 0.518. The van der Waals surface area contributed by atoms with Gasteiger partial charge in [-0.25, -0.2) is 12.7 Å². The van der Waals surface area contributed by atoms with Gasteiger partial charge >= 0.3 is 0 Å². The summed E-state index contributed by atoms with van der Waals surface area (Å²) in [7, 11) is -3.04. The number of sulfonamides is 1. The molecular formula is C19H26N2O3S. The van der Waals surface area contributed by atoms with E-state index in [4.69, 9.17) is 4.42 Å². The van der Waals surface area contributed by atoms with Crippen LogP contribution in [0.2, 0.25) is 0 Å². The fourth-order valence-corrected chi connectivity index (χ4v) is 4.06. The molecule has 2 heterocycles. The number of furan rings is 1. The molecule has 2 aromatic rings. The largest absolute Gasteiger partial charge is 0.460 e. The fraction of sp³-hybridized carbons (Fsp3) is 0.474. The van der Waals surface area contributed by atoms with Crippen molar-refractivity contribution in [2.75, 3.05) is 25.9 Å². The zero-order valence-corrected chi connectivity index (χ0v) is 15.7. The van der Waals surface area contributed by atoms with Crippen LogP contribution in [-0.4, -0.2) is 38.6 Å². The van der Waals surface area contributed by atoms with Crippen LogP contribution in [0.4, 0.5) is 0 Å². The summed E-state index contributed by atoms with van der Waals surface area (Å²) in [5, 5.41) is 3.44. The summed E-state index contributed by atoms with van der Waals surface area (Å²) in [4.78, 5) is 0. The number of rotatable bonds is 6. The van der Waals surface area contributed by atoms with E-state index in [1.165, 1.54) is 11.8 Å². The molecule has 1 saturated heterocycles. The van der Waals surface area contributed by atoms with Crippen molar-refractivity contribution in [1.29, 1.82) is 0 Å². The highest BCUT2D eigenvalue weighted by Crippen LogP contribution is 2.23. The Balaban J connectivity index is 1.45. The van der Waals surface area contributed by atoms with Crippen LogP contribution in [-0.2, 0) is 16.6 Å². The Kier molecular flexibility index (Phi) is 5.61. The maximum absolute atomic E-state index is 11.5. The van der Waals surface area contributed by atoms with Crippen molar-refractivity contribution in [2.45, 2.75) is 26.3 Å². The van der Waals surface area contributed by atoms with Crippen molar-refractivity contribution in [3.8, 4) is 11.3 Å². The molecule has 1 fully saturated rings. The predicted molar refractivity (Wildman–Crippen MR) is 99.7 cm³/mol. The molecule has 136 valence electrons. The fourth-order valence-electron chi connectivity index (χ4n) is 3.19. The Bertz CT molecular complexity index is 788. The average Bonchev–Trinajstić information content (AvgIpc) is 3.04. The van der Waals surface area contributed by atoms with Gasteiger partial charge in [-0.05, 0) is 44.4 Å². The molecule has 25 heavy (non-hydrogen) atoms. The van der Waals surface area contributed by atoms with E-state index in [0.717, 1.165) is 36.5 Å². The highest BCUT2D eigenvalue weighted by molar-refractivity contribution is 7.88. The molecule has 0 atom stereocenters. The van der Waals surface area contributed by atoms with Crippen molar-refractivity contribution < 1.29 is 12.8 Å². The SMILES string of the molecule is Cc1ccc(-c2ccc(CNCC3CCN(S(C)(=O)=O)CC3)o2)cc1. The zero-order chi connectivity index (χ0) is 17.9. The zero-order valence-electron chi connectivity index (χ0n) is 14.9. The first kappa shape index (κ1) is 18.2. The molecule has 0 saturated carbocycles. The topological polar surface area (TPSA) is 62.6 Å². The minimum atomic E-state index is -3.04. The molecule has 1 N–H and O–H groups in total. The van der Waals surface area contributed by atoms with Gasteiger partial charge in [-0.1, -0.05) is 29.8 Å². The molecule has 0 aliphatic carbocycles. The van der Waals surface area contributed by atoms with Crippen molar-refractivity contribution in [3.05, 3.63) is 47.7 Å². The van der Waals surface area contributed by atoms with Crippen LogP contribution in [0, 0.1) is 12.8 Å². The molecule has 1 aromatic carbocycles. The quantitative estimate of drug-likeness (QED) is 0.858.